The molecule has 0 saturated carbocycles. The first-order valence-electron chi connectivity index (χ1n) is 7.46. The van der Waals surface area contributed by atoms with Gasteiger partial charge in [0.25, 0.3) is 0 Å². The summed E-state index contributed by atoms with van der Waals surface area (Å²) in [6.45, 7) is 0. The van der Waals surface area contributed by atoms with Crippen LogP contribution in [0.4, 0.5) is 0 Å². The van der Waals surface area contributed by atoms with Crippen molar-refractivity contribution in [3.05, 3.63) is 91.1 Å². The van der Waals surface area contributed by atoms with Crippen molar-refractivity contribution in [1.82, 2.24) is 0 Å². The van der Waals surface area contributed by atoms with Crippen LogP contribution < -0.4 is 4.98 Å². The molecule has 0 amide bonds. The summed E-state index contributed by atoms with van der Waals surface area (Å²) < 4.78 is 0. The fourth-order valence-electron chi connectivity index (χ4n) is 2.77. The van der Waals surface area contributed by atoms with E-state index in [4.69, 9.17) is 0 Å². The van der Waals surface area contributed by atoms with Crippen LogP contribution in [-0.2, 0) is 0 Å². The summed E-state index contributed by atoms with van der Waals surface area (Å²) in [6, 6.07) is 29.7. The van der Waals surface area contributed by atoms with Crippen molar-refractivity contribution in [3.63, 3.8) is 0 Å². The number of nitrogens with one attached hydrogen (secondary N) is 1. The minimum Gasteiger partial charge on any atom is -0.211 e. The zero-order chi connectivity index (χ0) is 14.8. The summed E-state index contributed by atoms with van der Waals surface area (Å²) in [4.78, 5) is 3.42. The van der Waals surface area contributed by atoms with Gasteiger partial charge < -0.3 is 0 Å². The van der Waals surface area contributed by atoms with Gasteiger partial charge in [0.1, 0.15) is 0 Å². The van der Waals surface area contributed by atoms with Crippen molar-refractivity contribution in [2.75, 3.05) is 0 Å². The molecular weight excluding hydrogens is 266 g/mol. The maximum absolute atomic E-state index is 3.42. The Balaban J connectivity index is 1.73. The molecule has 1 N–H and O–H groups in total. The summed E-state index contributed by atoms with van der Waals surface area (Å²) in [5.74, 6) is 0. The number of fused-ring (bicyclic) bond motifs is 1. The third-order valence-corrected chi connectivity index (χ3v) is 3.98. The van der Waals surface area contributed by atoms with E-state index in [1.165, 1.54) is 27.5 Å². The molecule has 0 aliphatic carbocycles. The van der Waals surface area contributed by atoms with Crippen LogP contribution in [-0.4, -0.2) is 0 Å². The normalized spacial score (nSPS) is 10.7. The highest BCUT2D eigenvalue weighted by Crippen LogP contribution is 2.23. The molecule has 22 heavy (non-hydrogen) atoms. The molecule has 0 aliphatic rings. The highest BCUT2D eigenvalue weighted by Gasteiger charge is 2.07. The number of rotatable bonds is 2. The lowest BCUT2D eigenvalue weighted by Gasteiger charge is -2.02. The molecule has 1 heteroatoms. The van der Waals surface area contributed by atoms with Crippen LogP contribution in [0.3, 0.4) is 0 Å². The minimum atomic E-state index is 1.13. The van der Waals surface area contributed by atoms with E-state index in [0.29, 0.717) is 0 Å². The number of aromatic amines is 1. The van der Waals surface area contributed by atoms with Crippen molar-refractivity contribution < 1.29 is 4.98 Å². The average molecular weight is 282 g/mol. The number of hydrogen-bond donors (Lipinski definition) is 0. The summed E-state index contributed by atoms with van der Waals surface area (Å²) in [6.07, 6.45) is 2.07. The molecule has 0 fully saturated rings. The maximum atomic E-state index is 3.42. The van der Waals surface area contributed by atoms with E-state index in [1.54, 1.807) is 0 Å². The fourth-order valence-corrected chi connectivity index (χ4v) is 2.77. The number of pyridine rings is 1. The SMILES string of the molecule is c1ccc(-c2ccc(-c3ccc4ccccc4c3)[nH+]c2)cc1. The molecule has 4 aromatic rings. The molecule has 0 bridgehead atoms. The van der Waals surface area contributed by atoms with Crippen molar-refractivity contribution in [2.24, 2.45) is 0 Å². The predicted molar refractivity (Wildman–Crippen MR) is 91.4 cm³/mol. The Kier molecular flexibility index (Phi) is 3.17. The number of H-pyrrole nitrogens is 1. The molecule has 0 aliphatic heterocycles. The van der Waals surface area contributed by atoms with Gasteiger partial charge in [-0.2, -0.15) is 0 Å². The van der Waals surface area contributed by atoms with Gasteiger partial charge in [-0.25, -0.2) is 4.98 Å². The molecule has 0 radical (unpaired) electrons. The quantitative estimate of drug-likeness (QED) is 0.492. The van der Waals surface area contributed by atoms with Gasteiger partial charge in [0.15, 0.2) is 6.20 Å². The highest BCUT2D eigenvalue weighted by molar-refractivity contribution is 5.86. The first-order chi connectivity index (χ1) is 10.9. The number of benzene rings is 3. The van der Waals surface area contributed by atoms with Crippen LogP contribution in [0.5, 0.6) is 0 Å². The molecule has 0 saturated heterocycles. The summed E-state index contributed by atoms with van der Waals surface area (Å²) in [5, 5.41) is 2.53. The van der Waals surface area contributed by atoms with Gasteiger partial charge in [0.05, 0.1) is 0 Å². The Bertz CT molecular complexity index is 909. The Morgan fingerprint density at radius 1 is 0.500 bits per heavy atom. The Hall–Kier alpha value is -2.93. The van der Waals surface area contributed by atoms with Crippen molar-refractivity contribution in [1.29, 1.82) is 0 Å². The third-order valence-electron chi connectivity index (χ3n) is 3.98. The smallest absolute Gasteiger partial charge is 0.210 e. The number of hydrogen-bond acceptors (Lipinski definition) is 0. The first kappa shape index (κ1) is 12.8. The zero-order valence-electron chi connectivity index (χ0n) is 12.2. The van der Waals surface area contributed by atoms with Crippen molar-refractivity contribution >= 4 is 10.8 Å². The lowest BCUT2D eigenvalue weighted by Crippen LogP contribution is -2.06. The van der Waals surface area contributed by atoms with Gasteiger partial charge in [-0.1, -0.05) is 60.7 Å². The third kappa shape index (κ3) is 2.38. The monoisotopic (exact) mass is 282 g/mol. The van der Waals surface area contributed by atoms with Crippen LogP contribution in [0.25, 0.3) is 33.2 Å². The van der Waals surface area contributed by atoms with E-state index in [-0.39, 0.29) is 0 Å². The molecule has 0 atom stereocenters. The van der Waals surface area contributed by atoms with E-state index in [0.717, 1.165) is 5.69 Å². The largest absolute Gasteiger partial charge is 0.211 e. The topological polar surface area (TPSA) is 14.1 Å². The van der Waals surface area contributed by atoms with Crippen molar-refractivity contribution in [2.45, 2.75) is 0 Å². The lowest BCUT2D eigenvalue weighted by molar-refractivity contribution is -0.363. The summed E-state index contributed by atoms with van der Waals surface area (Å²) >= 11 is 0. The van der Waals surface area contributed by atoms with Crippen LogP contribution >= 0.6 is 0 Å². The predicted octanol–water partition coefficient (Wildman–Crippen LogP) is 4.99. The van der Waals surface area contributed by atoms with E-state index in [1.807, 2.05) is 6.07 Å². The summed E-state index contributed by atoms with van der Waals surface area (Å²) in [5.41, 5.74) is 4.76. The lowest BCUT2D eigenvalue weighted by atomic mass is 10.0. The second-order valence-corrected chi connectivity index (χ2v) is 5.42. The van der Waals surface area contributed by atoms with Crippen LogP contribution in [0.2, 0.25) is 0 Å². The van der Waals surface area contributed by atoms with Crippen LogP contribution in [0.1, 0.15) is 0 Å². The Labute approximate surface area is 129 Å². The highest BCUT2D eigenvalue weighted by atomic mass is 14.7. The fraction of sp³-hybridized carbons (Fsp3) is 0. The molecule has 1 nitrogen and oxygen atoms in total. The van der Waals surface area contributed by atoms with Crippen molar-refractivity contribution in [3.8, 4) is 22.4 Å². The molecule has 0 unspecified atom stereocenters. The number of aromatic nitrogens is 1. The molecular formula is C21H16N+. The molecule has 104 valence electrons. The molecule has 0 spiro atoms. The van der Waals surface area contributed by atoms with Gasteiger partial charge in [0, 0.05) is 17.2 Å². The minimum absolute atomic E-state index is 1.13. The van der Waals surface area contributed by atoms with Gasteiger partial charge in [0.2, 0.25) is 5.69 Å². The average Bonchev–Trinajstić information content (AvgIpc) is 2.62. The van der Waals surface area contributed by atoms with E-state index >= 15 is 0 Å². The second kappa shape index (κ2) is 5.45. The van der Waals surface area contributed by atoms with E-state index < -0.39 is 0 Å². The van der Waals surface area contributed by atoms with Gasteiger partial charge in [-0.15, -0.1) is 0 Å². The van der Waals surface area contributed by atoms with Gasteiger partial charge in [-0.3, -0.25) is 0 Å². The first-order valence-corrected chi connectivity index (χ1v) is 7.46. The maximum Gasteiger partial charge on any atom is 0.210 e. The van der Waals surface area contributed by atoms with Gasteiger partial charge >= 0.3 is 0 Å². The Morgan fingerprint density at radius 2 is 1.23 bits per heavy atom. The standard InChI is InChI=1S/C21H15N/c1-2-6-16(7-3-1)20-12-13-21(22-15-20)19-11-10-17-8-4-5-9-18(17)14-19/h1-15H/p+1. The second-order valence-electron chi connectivity index (χ2n) is 5.42. The molecule has 1 aromatic heterocycles. The molecule has 4 rings (SSSR count). The van der Waals surface area contributed by atoms with Crippen LogP contribution in [0.15, 0.2) is 91.1 Å². The molecule has 3 aromatic carbocycles. The van der Waals surface area contributed by atoms with E-state index in [2.05, 4.69) is 90.0 Å². The Morgan fingerprint density at radius 3 is 2.00 bits per heavy atom. The van der Waals surface area contributed by atoms with E-state index in [9.17, 15) is 0 Å². The van der Waals surface area contributed by atoms with Crippen LogP contribution in [0, 0.1) is 0 Å². The molecule has 1 heterocycles. The zero-order valence-corrected chi connectivity index (χ0v) is 12.2. The van der Waals surface area contributed by atoms with Gasteiger partial charge in [-0.05, 0) is 34.5 Å². The summed E-state index contributed by atoms with van der Waals surface area (Å²) in [7, 11) is 0.